The number of nitrogens with one attached hydrogen (secondary N) is 2. The van der Waals surface area contributed by atoms with Crippen LogP contribution in [0.5, 0.6) is 5.75 Å². The average Bonchev–Trinajstić information content (AvgIpc) is 3.09. The second-order valence-electron chi connectivity index (χ2n) is 9.70. The Labute approximate surface area is 222 Å². The number of ether oxygens (including phenoxy) is 2. The predicted octanol–water partition coefficient (Wildman–Crippen LogP) is 2.21. The average molecular weight is 545 g/mol. The van der Waals surface area contributed by atoms with E-state index in [0.29, 0.717) is 18.8 Å². The van der Waals surface area contributed by atoms with Gasteiger partial charge in [-0.1, -0.05) is 29.8 Å². The maximum atomic E-state index is 13.2. The van der Waals surface area contributed by atoms with Crippen LogP contribution >= 0.6 is 0 Å². The van der Waals surface area contributed by atoms with Crippen LogP contribution in [0.25, 0.3) is 0 Å². The second kappa shape index (κ2) is 10.7. The fourth-order valence-electron chi connectivity index (χ4n) is 4.32. The molecule has 2 aromatic carbocycles. The molecule has 2 N–H and O–H groups in total. The van der Waals surface area contributed by atoms with Gasteiger partial charge in [-0.05, 0) is 51.5 Å². The Balaban J connectivity index is 1.55. The van der Waals surface area contributed by atoms with Crippen LogP contribution in [0.3, 0.4) is 0 Å². The molecule has 0 aromatic heterocycles. The predicted molar refractivity (Wildman–Crippen MR) is 139 cm³/mol. The summed E-state index contributed by atoms with van der Waals surface area (Å²) in [5.74, 6) is -0.990. The Kier molecular flexibility index (Phi) is 7.77. The number of benzene rings is 2. The zero-order chi connectivity index (χ0) is 27.7. The zero-order valence-corrected chi connectivity index (χ0v) is 22.6. The number of nitrogens with zero attached hydrogens (tertiary/aromatic N) is 2. The molecule has 1 atom stereocenters. The second-order valence-corrected chi connectivity index (χ2v) is 11.6. The summed E-state index contributed by atoms with van der Waals surface area (Å²) in [6, 6.07) is 10.7. The van der Waals surface area contributed by atoms with E-state index in [4.69, 9.17) is 9.47 Å². The Morgan fingerprint density at radius 3 is 2.42 bits per heavy atom. The highest BCUT2D eigenvalue weighted by Crippen LogP contribution is 2.32. The van der Waals surface area contributed by atoms with E-state index in [1.54, 1.807) is 32.9 Å². The monoisotopic (exact) mass is 544 g/mol. The van der Waals surface area contributed by atoms with Gasteiger partial charge in [-0.3, -0.25) is 14.5 Å². The molecule has 0 spiro atoms. The van der Waals surface area contributed by atoms with Crippen LogP contribution in [0.15, 0.2) is 47.4 Å². The number of urea groups is 1. The first-order valence-electron chi connectivity index (χ1n) is 12.3. The third kappa shape index (κ3) is 5.52. The number of rotatable bonds is 8. The highest BCUT2D eigenvalue weighted by atomic mass is 32.2. The third-order valence-electron chi connectivity index (χ3n) is 6.40. The van der Waals surface area contributed by atoms with E-state index in [2.05, 4.69) is 10.6 Å². The maximum Gasteiger partial charge on any atom is 0.325 e. The lowest BCUT2D eigenvalue weighted by molar-refractivity contribution is -0.133. The molecule has 2 fully saturated rings. The largest absolute Gasteiger partial charge is 0.489 e. The highest BCUT2D eigenvalue weighted by Gasteiger charge is 2.49. The SMILES string of the molecule is Cc1ccc([C@]2(C)NC(=O)N(CC(=O)Nc3cc(S(=O)(=O)N4CCOCC4)ccc3OC(C)C)C2=O)cc1. The van der Waals surface area contributed by atoms with E-state index >= 15 is 0 Å². The molecular formula is C26H32N4O7S. The molecule has 204 valence electrons. The lowest BCUT2D eigenvalue weighted by atomic mass is 9.91. The number of amides is 4. The van der Waals surface area contributed by atoms with Crippen LogP contribution in [0.1, 0.15) is 31.9 Å². The van der Waals surface area contributed by atoms with Crippen LogP contribution in [-0.4, -0.2) is 74.4 Å². The molecular weight excluding hydrogens is 512 g/mol. The van der Waals surface area contributed by atoms with Gasteiger partial charge >= 0.3 is 6.03 Å². The standard InChI is InChI=1S/C26H32N4O7S/c1-17(2)37-22-10-9-20(38(34,35)29-11-13-36-14-12-29)15-21(22)27-23(31)16-30-24(32)26(4,28-25(30)33)19-7-5-18(3)6-8-19/h5-10,15,17H,11-14,16H2,1-4H3,(H,27,31)(H,28,33)/t26-/m0/s1. The van der Waals surface area contributed by atoms with E-state index in [0.717, 1.165) is 10.5 Å². The molecule has 0 saturated carbocycles. The minimum atomic E-state index is -3.84. The van der Waals surface area contributed by atoms with E-state index in [9.17, 15) is 22.8 Å². The Hall–Kier alpha value is -3.48. The highest BCUT2D eigenvalue weighted by molar-refractivity contribution is 7.89. The lowest BCUT2D eigenvalue weighted by Gasteiger charge is -2.26. The summed E-state index contributed by atoms with van der Waals surface area (Å²) in [6.45, 7) is 7.57. The Morgan fingerprint density at radius 2 is 1.79 bits per heavy atom. The van der Waals surface area contributed by atoms with Gasteiger partial charge in [-0.15, -0.1) is 0 Å². The van der Waals surface area contributed by atoms with Crippen molar-refractivity contribution in [1.82, 2.24) is 14.5 Å². The molecule has 2 heterocycles. The minimum Gasteiger partial charge on any atom is -0.489 e. The molecule has 11 nitrogen and oxygen atoms in total. The summed E-state index contributed by atoms with van der Waals surface area (Å²) >= 11 is 0. The molecule has 2 saturated heterocycles. The molecule has 12 heteroatoms. The normalized spacial score (nSPS) is 20.5. The van der Waals surface area contributed by atoms with Crippen molar-refractivity contribution < 1.29 is 32.3 Å². The zero-order valence-electron chi connectivity index (χ0n) is 21.8. The summed E-state index contributed by atoms with van der Waals surface area (Å²) in [5, 5.41) is 5.30. The van der Waals surface area contributed by atoms with E-state index < -0.39 is 40.0 Å². The molecule has 2 aromatic rings. The van der Waals surface area contributed by atoms with E-state index in [-0.39, 0.29) is 35.5 Å². The van der Waals surface area contributed by atoms with Crippen molar-refractivity contribution in [3.05, 3.63) is 53.6 Å². The van der Waals surface area contributed by atoms with Gasteiger partial charge in [0.15, 0.2) is 0 Å². The van der Waals surface area contributed by atoms with Gasteiger partial charge in [-0.25, -0.2) is 13.2 Å². The molecule has 4 amide bonds. The van der Waals surface area contributed by atoms with E-state index in [1.165, 1.54) is 22.5 Å². The number of sulfonamides is 1. The maximum absolute atomic E-state index is 13.2. The fourth-order valence-corrected chi connectivity index (χ4v) is 5.75. The van der Waals surface area contributed by atoms with Crippen molar-refractivity contribution in [3.8, 4) is 5.75 Å². The number of imide groups is 1. The number of carbonyl (C=O) groups excluding carboxylic acids is 3. The van der Waals surface area contributed by atoms with Crippen LogP contribution in [0.2, 0.25) is 0 Å². The van der Waals surface area contributed by atoms with Crippen LogP contribution in [0, 0.1) is 6.92 Å². The van der Waals surface area contributed by atoms with Crippen LogP contribution in [-0.2, 0) is 29.9 Å². The van der Waals surface area contributed by atoms with Gasteiger partial charge in [0.1, 0.15) is 17.8 Å². The Morgan fingerprint density at radius 1 is 1.13 bits per heavy atom. The van der Waals surface area contributed by atoms with Crippen molar-refractivity contribution in [2.75, 3.05) is 38.2 Å². The third-order valence-corrected chi connectivity index (χ3v) is 8.30. The number of anilines is 1. The summed E-state index contributed by atoms with van der Waals surface area (Å²) < 4.78 is 38.7. The lowest BCUT2D eigenvalue weighted by Crippen LogP contribution is -2.42. The smallest absolute Gasteiger partial charge is 0.325 e. The molecule has 0 unspecified atom stereocenters. The van der Waals surface area contributed by atoms with Gasteiger partial charge in [-0.2, -0.15) is 4.31 Å². The van der Waals surface area contributed by atoms with Gasteiger partial charge in [0.2, 0.25) is 15.9 Å². The summed E-state index contributed by atoms with van der Waals surface area (Å²) in [5.41, 5.74) is 0.398. The topological polar surface area (TPSA) is 134 Å². The first kappa shape index (κ1) is 27.6. The van der Waals surface area contributed by atoms with Crippen LogP contribution < -0.4 is 15.4 Å². The van der Waals surface area contributed by atoms with Crippen LogP contribution in [0.4, 0.5) is 10.5 Å². The molecule has 4 rings (SSSR count). The minimum absolute atomic E-state index is 0.0206. The molecule has 0 radical (unpaired) electrons. The van der Waals surface area contributed by atoms with Crippen molar-refractivity contribution in [2.45, 2.75) is 44.2 Å². The number of carbonyl (C=O) groups is 3. The van der Waals surface area contributed by atoms with Gasteiger partial charge in [0, 0.05) is 13.1 Å². The molecule has 2 aliphatic heterocycles. The summed E-state index contributed by atoms with van der Waals surface area (Å²) in [7, 11) is -3.84. The molecule has 0 aliphatic carbocycles. The quantitative estimate of drug-likeness (QED) is 0.487. The van der Waals surface area contributed by atoms with Gasteiger partial charge in [0.25, 0.3) is 5.91 Å². The molecule has 38 heavy (non-hydrogen) atoms. The van der Waals surface area contributed by atoms with Crippen molar-refractivity contribution in [3.63, 3.8) is 0 Å². The molecule has 2 aliphatic rings. The first-order chi connectivity index (χ1) is 17.9. The number of aryl methyl sites for hydroxylation is 1. The van der Waals surface area contributed by atoms with E-state index in [1.807, 2.05) is 19.1 Å². The Bertz CT molecular complexity index is 1340. The summed E-state index contributed by atoms with van der Waals surface area (Å²) in [6.07, 6.45) is -0.256. The van der Waals surface area contributed by atoms with Crippen molar-refractivity contribution >= 4 is 33.6 Å². The van der Waals surface area contributed by atoms with Crippen molar-refractivity contribution in [2.24, 2.45) is 0 Å². The van der Waals surface area contributed by atoms with Gasteiger partial charge in [0.05, 0.1) is 29.9 Å². The summed E-state index contributed by atoms with van der Waals surface area (Å²) in [4.78, 5) is 39.8. The number of morpholine rings is 1. The van der Waals surface area contributed by atoms with Gasteiger partial charge < -0.3 is 20.1 Å². The first-order valence-corrected chi connectivity index (χ1v) is 13.8. The van der Waals surface area contributed by atoms with Crippen molar-refractivity contribution in [1.29, 1.82) is 0 Å². The fraction of sp³-hybridized carbons (Fsp3) is 0.423. The molecule has 0 bridgehead atoms. The number of hydrogen-bond acceptors (Lipinski definition) is 7. The number of hydrogen-bond donors (Lipinski definition) is 2.